The normalized spacial score (nSPS) is 13.3. The van der Waals surface area contributed by atoms with Crippen molar-refractivity contribution in [3.05, 3.63) is 48.2 Å². The van der Waals surface area contributed by atoms with Crippen LogP contribution < -0.4 is 14.8 Å². The monoisotopic (exact) mass is 356 g/mol. The number of pyridine rings is 1. The smallest absolute Gasteiger partial charge is 0.246 e. The maximum absolute atomic E-state index is 11.7. The Morgan fingerprint density at radius 1 is 1.19 bits per heavy atom. The molecule has 1 aromatic carbocycles. The summed E-state index contributed by atoms with van der Waals surface area (Å²) in [6, 6.07) is 11.1. The van der Waals surface area contributed by atoms with E-state index in [2.05, 4.69) is 10.3 Å². The van der Waals surface area contributed by atoms with Gasteiger partial charge in [0.2, 0.25) is 11.8 Å². The first-order valence-corrected chi connectivity index (χ1v) is 8.93. The van der Waals surface area contributed by atoms with E-state index in [0.717, 1.165) is 5.56 Å². The highest BCUT2D eigenvalue weighted by molar-refractivity contribution is 5.77. The molecule has 0 spiro atoms. The lowest BCUT2D eigenvalue weighted by atomic mass is 10.3. The molecular weight excluding hydrogens is 332 g/mol. The van der Waals surface area contributed by atoms with Gasteiger partial charge in [-0.2, -0.15) is 0 Å². The second kappa shape index (κ2) is 9.20. The Hall–Kier alpha value is -2.60. The van der Waals surface area contributed by atoms with E-state index in [0.29, 0.717) is 43.1 Å². The lowest BCUT2D eigenvalue weighted by molar-refractivity contribution is -0.126. The zero-order valence-electron chi connectivity index (χ0n) is 14.9. The number of benzene rings is 1. The van der Waals surface area contributed by atoms with E-state index < -0.39 is 0 Å². The van der Waals surface area contributed by atoms with Crippen molar-refractivity contribution in [2.24, 2.45) is 5.92 Å². The Morgan fingerprint density at radius 3 is 2.69 bits per heavy atom. The van der Waals surface area contributed by atoms with E-state index >= 15 is 0 Å². The van der Waals surface area contributed by atoms with Crippen molar-refractivity contribution in [2.75, 3.05) is 19.8 Å². The average molecular weight is 356 g/mol. The van der Waals surface area contributed by atoms with Crippen LogP contribution in [0, 0.1) is 5.92 Å². The third-order valence-corrected chi connectivity index (χ3v) is 3.93. The van der Waals surface area contributed by atoms with Gasteiger partial charge in [0.1, 0.15) is 6.61 Å². The lowest BCUT2D eigenvalue weighted by Gasteiger charge is -2.11. The Morgan fingerprint density at radius 2 is 2.00 bits per heavy atom. The number of amides is 1. The van der Waals surface area contributed by atoms with Gasteiger partial charge in [0.05, 0.1) is 13.2 Å². The third kappa shape index (κ3) is 5.74. The van der Waals surface area contributed by atoms with Gasteiger partial charge >= 0.3 is 0 Å². The second-order valence-corrected chi connectivity index (χ2v) is 6.22. The van der Waals surface area contributed by atoms with Crippen LogP contribution in [0.15, 0.2) is 42.6 Å². The topological polar surface area (TPSA) is 69.7 Å². The summed E-state index contributed by atoms with van der Waals surface area (Å²) >= 11 is 0. The van der Waals surface area contributed by atoms with Crippen molar-refractivity contribution >= 4 is 5.91 Å². The fourth-order valence-electron chi connectivity index (χ4n) is 2.35. The number of ether oxygens (including phenoxy) is 3. The quantitative estimate of drug-likeness (QED) is 0.707. The van der Waals surface area contributed by atoms with Crippen LogP contribution in [-0.4, -0.2) is 30.7 Å². The van der Waals surface area contributed by atoms with Gasteiger partial charge in [-0.1, -0.05) is 18.2 Å². The van der Waals surface area contributed by atoms with Crippen molar-refractivity contribution in [2.45, 2.75) is 26.3 Å². The number of nitrogens with zero attached hydrogens (tertiary/aromatic N) is 1. The van der Waals surface area contributed by atoms with Gasteiger partial charge in [0, 0.05) is 18.8 Å². The zero-order valence-corrected chi connectivity index (χ0v) is 14.9. The highest BCUT2D eigenvalue weighted by Gasteiger charge is 2.21. The Balaban J connectivity index is 1.46. The predicted molar refractivity (Wildman–Crippen MR) is 97.3 cm³/mol. The van der Waals surface area contributed by atoms with E-state index in [1.54, 1.807) is 12.3 Å². The summed E-state index contributed by atoms with van der Waals surface area (Å²) in [6.07, 6.45) is 4.12. The molecule has 1 aliphatic carbocycles. The molecule has 1 heterocycles. The maximum atomic E-state index is 11.7. The number of aromatic nitrogens is 1. The number of hydrogen-bond acceptors (Lipinski definition) is 5. The van der Waals surface area contributed by atoms with Crippen LogP contribution in [0.2, 0.25) is 0 Å². The summed E-state index contributed by atoms with van der Waals surface area (Å²) < 4.78 is 16.7. The molecule has 1 aromatic heterocycles. The first-order valence-electron chi connectivity index (χ1n) is 8.93. The molecule has 1 aliphatic rings. The summed E-state index contributed by atoms with van der Waals surface area (Å²) in [6.45, 7) is 3.70. The van der Waals surface area contributed by atoms with E-state index in [1.807, 2.05) is 37.3 Å². The summed E-state index contributed by atoms with van der Waals surface area (Å²) in [7, 11) is 0. The summed E-state index contributed by atoms with van der Waals surface area (Å²) in [5.74, 6) is 2.32. The van der Waals surface area contributed by atoms with Crippen LogP contribution in [0.5, 0.6) is 17.4 Å². The van der Waals surface area contributed by atoms with Gasteiger partial charge in [-0.25, -0.2) is 4.98 Å². The van der Waals surface area contributed by atoms with E-state index in [4.69, 9.17) is 14.2 Å². The second-order valence-electron chi connectivity index (χ2n) is 6.22. The zero-order chi connectivity index (χ0) is 18.2. The van der Waals surface area contributed by atoms with Crippen LogP contribution in [0.1, 0.15) is 25.3 Å². The number of rotatable bonds is 10. The van der Waals surface area contributed by atoms with Crippen LogP contribution >= 0.6 is 0 Å². The Bertz CT molecular complexity index is 714. The molecule has 1 N–H and O–H groups in total. The molecular formula is C20H24N2O4. The molecule has 0 bridgehead atoms. The summed E-state index contributed by atoms with van der Waals surface area (Å²) in [5, 5.41) is 2.82. The van der Waals surface area contributed by atoms with Gasteiger partial charge < -0.3 is 19.5 Å². The first-order chi connectivity index (χ1) is 12.7. The van der Waals surface area contributed by atoms with Crippen LogP contribution in [0.4, 0.5) is 0 Å². The van der Waals surface area contributed by atoms with Gasteiger partial charge in [0.15, 0.2) is 11.5 Å². The number of nitrogens with one attached hydrogen (secondary N) is 1. The Kier molecular flexibility index (Phi) is 6.44. The van der Waals surface area contributed by atoms with Crippen molar-refractivity contribution in [3.8, 4) is 17.4 Å². The largest absolute Gasteiger partial charge is 0.490 e. The third-order valence-electron chi connectivity index (χ3n) is 3.93. The van der Waals surface area contributed by atoms with E-state index in [1.165, 1.54) is 12.8 Å². The molecule has 0 aliphatic heterocycles. The molecule has 3 rings (SSSR count). The van der Waals surface area contributed by atoms with Gasteiger partial charge in [0.25, 0.3) is 0 Å². The summed E-state index contributed by atoms with van der Waals surface area (Å²) in [4.78, 5) is 16.0. The van der Waals surface area contributed by atoms with E-state index in [-0.39, 0.29) is 12.5 Å². The molecule has 6 nitrogen and oxygen atoms in total. The first kappa shape index (κ1) is 18.2. The van der Waals surface area contributed by atoms with Gasteiger partial charge in [-0.05, 0) is 43.4 Å². The van der Waals surface area contributed by atoms with Crippen LogP contribution in [0.25, 0.3) is 0 Å². The lowest BCUT2D eigenvalue weighted by Crippen LogP contribution is -2.27. The van der Waals surface area contributed by atoms with Crippen LogP contribution in [-0.2, 0) is 16.1 Å². The van der Waals surface area contributed by atoms with Crippen molar-refractivity contribution in [1.29, 1.82) is 0 Å². The fraction of sp³-hybridized carbons (Fsp3) is 0.400. The van der Waals surface area contributed by atoms with Crippen LogP contribution in [0.3, 0.4) is 0 Å². The summed E-state index contributed by atoms with van der Waals surface area (Å²) in [5.41, 5.74) is 0.894. The molecule has 26 heavy (non-hydrogen) atoms. The minimum atomic E-state index is -0.114. The standard InChI is InChI=1S/C20H24N2O4/c1-2-25-17-5-3-4-6-18(17)26-20-10-9-16(12-22-20)11-21-19(23)14-24-13-15-7-8-15/h3-6,9-10,12,15H,2,7-8,11,13-14H2,1H3,(H,21,23). The minimum absolute atomic E-state index is 0.110. The van der Waals surface area contributed by atoms with Gasteiger partial charge in [-0.15, -0.1) is 0 Å². The molecule has 1 amide bonds. The molecule has 1 saturated carbocycles. The molecule has 0 atom stereocenters. The number of para-hydroxylation sites is 2. The number of hydrogen-bond donors (Lipinski definition) is 1. The Labute approximate surface area is 153 Å². The maximum Gasteiger partial charge on any atom is 0.246 e. The van der Waals surface area contributed by atoms with E-state index in [9.17, 15) is 4.79 Å². The average Bonchev–Trinajstić information content (AvgIpc) is 3.47. The number of carbonyl (C=O) groups excluding carboxylic acids is 1. The number of carbonyl (C=O) groups is 1. The van der Waals surface area contributed by atoms with Crippen molar-refractivity contribution in [1.82, 2.24) is 10.3 Å². The van der Waals surface area contributed by atoms with Crippen molar-refractivity contribution < 1.29 is 19.0 Å². The highest BCUT2D eigenvalue weighted by Crippen LogP contribution is 2.30. The molecule has 2 aromatic rings. The SMILES string of the molecule is CCOc1ccccc1Oc1ccc(CNC(=O)COCC2CC2)cn1. The van der Waals surface area contributed by atoms with Gasteiger partial charge in [-0.3, -0.25) is 4.79 Å². The molecule has 1 fully saturated rings. The predicted octanol–water partition coefficient (Wildman–Crippen LogP) is 3.32. The molecule has 6 heteroatoms. The molecule has 0 radical (unpaired) electrons. The molecule has 138 valence electrons. The molecule has 0 unspecified atom stereocenters. The highest BCUT2D eigenvalue weighted by atomic mass is 16.5. The van der Waals surface area contributed by atoms with Crippen molar-refractivity contribution in [3.63, 3.8) is 0 Å². The minimum Gasteiger partial charge on any atom is -0.490 e. The fourth-order valence-corrected chi connectivity index (χ4v) is 2.35. The molecule has 0 saturated heterocycles.